The third-order valence-electron chi connectivity index (χ3n) is 16.3. The number of hydrogen-bond donors (Lipinski definition) is 0. The number of hydrogen-bond acceptors (Lipinski definition) is 4. The van der Waals surface area contributed by atoms with Crippen LogP contribution in [0.2, 0.25) is 0 Å². The molecule has 6 heteroatoms. The molecule has 0 amide bonds. The van der Waals surface area contributed by atoms with E-state index in [1.807, 2.05) is 12.3 Å². The minimum Gasteiger partial charge on any atom is -0.509 e. The van der Waals surface area contributed by atoms with E-state index in [0.29, 0.717) is 11.5 Å². The van der Waals surface area contributed by atoms with Gasteiger partial charge in [-0.1, -0.05) is 222 Å². The monoisotopic (exact) mass is 1230 g/mol. The number of anilines is 4. The smallest absolute Gasteiger partial charge is 0.135 e. The molecule has 1 aliphatic carbocycles. The van der Waals surface area contributed by atoms with Gasteiger partial charge in [-0.3, -0.25) is 0 Å². The van der Waals surface area contributed by atoms with Gasteiger partial charge >= 0.3 is 0 Å². The number of rotatable bonds is 9. The van der Waals surface area contributed by atoms with Crippen LogP contribution in [0.3, 0.4) is 0 Å². The van der Waals surface area contributed by atoms with Crippen molar-refractivity contribution in [1.82, 2.24) is 9.55 Å². The maximum absolute atomic E-state index is 7.19. The Labute approximate surface area is 490 Å². The molecular weight excluding hydrogens is 1170 g/mol. The Balaban J connectivity index is 0.00000618. The van der Waals surface area contributed by atoms with Gasteiger partial charge in [-0.2, -0.15) is 12.1 Å². The van der Waals surface area contributed by atoms with Crippen LogP contribution in [0.5, 0.6) is 11.5 Å². The van der Waals surface area contributed by atoms with Crippen LogP contribution in [0.1, 0.15) is 74.9 Å². The van der Waals surface area contributed by atoms with Gasteiger partial charge in [0.15, 0.2) is 0 Å². The molecule has 0 unspecified atom stereocenters. The Bertz CT molecular complexity index is 4240. The molecule has 0 atom stereocenters. The van der Waals surface area contributed by atoms with E-state index in [0.717, 1.165) is 83.8 Å². The summed E-state index contributed by atoms with van der Waals surface area (Å²) >= 11 is 0. The molecule has 2 aliphatic rings. The van der Waals surface area contributed by atoms with Crippen LogP contribution >= 0.6 is 0 Å². The summed E-state index contributed by atoms with van der Waals surface area (Å²) < 4.78 is 9.44. The van der Waals surface area contributed by atoms with Crippen LogP contribution < -0.4 is 14.5 Å². The summed E-state index contributed by atoms with van der Waals surface area (Å²) in [6.07, 6.45) is 1.97. The summed E-state index contributed by atoms with van der Waals surface area (Å²) in [5, 5.41) is 2.18. The SMILES string of the molecule is CC(C)(C)c1cc(-c2ccccc2)c(N2[CH-]N(c3[c-]c(Oc4[c-]c5c(cc4)c4ccccc4n5-c4cc(C5(c6ccccc6)c6ccccc6-c6ccccc65)ccn4)c(C(C)(C)C)cc3)c3ccccc32)c(-c2ccccc2)c1.[Pt]. The summed E-state index contributed by atoms with van der Waals surface area (Å²) in [6, 6.07) is 93.0. The summed E-state index contributed by atoms with van der Waals surface area (Å²) in [5.41, 5.74) is 19.4. The fraction of sp³-hybridized carbons (Fsp3) is 0.120. The number of para-hydroxylation sites is 3. The number of pyridine rings is 1. The first-order valence-electron chi connectivity index (χ1n) is 27.7. The standard InChI is InChI=1S/C75H59N4O.Pt/c1-73(2,3)54-44-61(50-24-10-7-11-25-50)72(62(45-54)51-26-12-8-13-27-51)78-49-77(67-36-22-23-37-68(67)78)55-38-41-65(74(4,5)6)70(47-55)80-56-39-40-60-59-32-18-21-35-66(59)79(69(60)48-56)71-46-53(42-43-76-71)75(52-28-14-9-15-29-52)63-33-19-16-30-57(63)58-31-17-20-34-64(58)75;/h7-46,49H,1-6H3;/q-3;. The molecule has 81 heavy (non-hydrogen) atoms. The van der Waals surface area contributed by atoms with E-state index in [-0.39, 0.29) is 31.9 Å². The van der Waals surface area contributed by atoms with E-state index in [4.69, 9.17) is 9.72 Å². The van der Waals surface area contributed by atoms with Crippen LogP contribution in [0, 0.1) is 18.8 Å². The van der Waals surface area contributed by atoms with E-state index in [2.05, 4.69) is 305 Å². The molecule has 0 bridgehead atoms. The molecule has 0 N–H and O–H groups in total. The predicted octanol–water partition coefficient (Wildman–Crippen LogP) is 19.3. The van der Waals surface area contributed by atoms with E-state index in [1.54, 1.807) is 0 Å². The van der Waals surface area contributed by atoms with Gasteiger partial charge in [0.1, 0.15) is 5.82 Å². The molecule has 398 valence electrons. The molecule has 14 rings (SSSR count). The molecule has 2 aromatic heterocycles. The Morgan fingerprint density at radius 1 is 0.481 bits per heavy atom. The van der Waals surface area contributed by atoms with Crippen molar-refractivity contribution < 1.29 is 25.8 Å². The molecule has 0 spiro atoms. The van der Waals surface area contributed by atoms with Crippen molar-refractivity contribution in [3.8, 4) is 50.7 Å². The summed E-state index contributed by atoms with van der Waals surface area (Å²) in [7, 11) is 0. The van der Waals surface area contributed by atoms with Gasteiger partial charge in [0.2, 0.25) is 0 Å². The van der Waals surface area contributed by atoms with E-state index >= 15 is 0 Å². The second kappa shape index (κ2) is 20.1. The Morgan fingerprint density at radius 2 is 1.05 bits per heavy atom. The Morgan fingerprint density at radius 3 is 1.68 bits per heavy atom. The molecule has 1 aliphatic heterocycles. The zero-order valence-corrected chi connectivity index (χ0v) is 48.5. The van der Waals surface area contributed by atoms with Gasteiger partial charge in [-0.15, -0.1) is 47.6 Å². The first kappa shape index (κ1) is 51.7. The van der Waals surface area contributed by atoms with Crippen molar-refractivity contribution in [2.24, 2.45) is 0 Å². The average Bonchev–Trinajstić information content (AvgIpc) is 2.69. The number of ether oxygens (including phenoxy) is 1. The summed E-state index contributed by atoms with van der Waals surface area (Å²) in [4.78, 5) is 9.82. The van der Waals surface area contributed by atoms with Crippen molar-refractivity contribution in [2.45, 2.75) is 57.8 Å². The molecule has 12 aromatic rings. The minimum atomic E-state index is -0.581. The third-order valence-corrected chi connectivity index (χ3v) is 16.3. The number of fused-ring (bicyclic) bond motifs is 7. The van der Waals surface area contributed by atoms with Crippen molar-refractivity contribution in [3.63, 3.8) is 0 Å². The van der Waals surface area contributed by atoms with Crippen molar-refractivity contribution in [3.05, 3.63) is 295 Å². The van der Waals surface area contributed by atoms with Crippen LogP contribution in [0.25, 0.3) is 61.0 Å². The predicted molar refractivity (Wildman–Crippen MR) is 330 cm³/mol. The first-order chi connectivity index (χ1) is 38.9. The Kier molecular flexibility index (Phi) is 12.8. The summed E-state index contributed by atoms with van der Waals surface area (Å²) in [5.74, 6) is 2.03. The van der Waals surface area contributed by atoms with E-state index in [1.165, 1.54) is 33.4 Å². The first-order valence-corrected chi connectivity index (χ1v) is 27.7. The second-order valence-corrected chi connectivity index (χ2v) is 23.2. The molecule has 10 aromatic carbocycles. The zero-order chi connectivity index (χ0) is 54.3. The van der Waals surface area contributed by atoms with E-state index < -0.39 is 5.41 Å². The average molecular weight is 1230 g/mol. The quantitative estimate of drug-likeness (QED) is 0.135. The maximum atomic E-state index is 7.19. The second-order valence-electron chi connectivity index (χ2n) is 23.2. The van der Waals surface area contributed by atoms with Crippen molar-refractivity contribution in [2.75, 3.05) is 9.80 Å². The van der Waals surface area contributed by atoms with Gasteiger partial charge in [0, 0.05) is 72.5 Å². The van der Waals surface area contributed by atoms with Gasteiger partial charge < -0.3 is 19.1 Å². The molecule has 0 fully saturated rings. The Hall–Kier alpha value is -8.76. The molecule has 0 saturated carbocycles. The van der Waals surface area contributed by atoms with Crippen molar-refractivity contribution >= 4 is 44.6 Å². The van der Waals surface area contributed by atoms with Crippen LogP contribution in [-0.2, 0) is 37.3 Å². The normalized spacial score (nSPS) is 13.5. The van der Waals surface area contributed by atoms with Gasteiger partial charge in [-0.25, -0.2) is 4.98 Å². The van der Waals surface area contributed by atoms with Crippen LogP contribution in [0.4, 0.5) is 22.7 Å². The van der Waals surface area contributed by atoms with Gasteiger partial charge in [0.25, 0.3) is 0 Å². The molecular formula is C75H59N4OPt-3. The number of nitrogens with zero attached hydrogens (tertiary/aromatic N) is 4. The van der Waals surface area contributed by atoms with Crippen LogP contribution in [0.15, 0.2) is 243 Å². The van der Waals surface area contributed by atoms with Gasteiger partial charge in [-0.05, 0) is 103 Å². The zero-order valence-electron chi connectivity index (χ0n) is 46.2. The summed E-state index contributed by atoms with van der Waals surface area (Å²) in [6.45, 7) is 15.8. The van der Waals surface area contributed by atoms with E-state index in [9.17, 15) is 0 Å². The fourth-order valence-corrected chi connectivity index (χ4v) is 12.5. The fourth-order valence-electron chi connectivity index (χ4n) is 12.5. The largest absolute Gasteiger partial charge is 0.509 e. The molecule has 3 heterocycles. The van der Waals surface area contributed by atoms with Crippen LogP contribution in [-0.4, -0.2) is 9.55 Å². The van der Waals surface area contributed by atoms with Gasteiger partial charge in [0.05, 0.1) is 5.41 Å². The maximum Gasteiger partial charge on any atom is 0.135 e. The number of aromatic nitrogens is 2. The molecule has 5 nitrogen and oxygen atoms in total. The molecule has 0 saturated heterocycles. The van der Waals surface area contributed by atoms with Crippen molar-refractivity contribution in [1.29, 1.82) is 0 Å². The minimum absolute atomic E-state index is 0. The molecule has 0 radical (unpaired) electrons. The third kappa shape index (κ3) is 8.60. The number of benzene rings is 10. The topological polar surface area (TPSA) is 33.5 Å².